The lowest BCUT2D eigenvalue weighted by atomic mass is 10.1. The van der Waals surface area contributed by atoms with E-state index in [1.165, 1.54) is 29.3 Å². The van der Waals surface area contributed by atoms with E-state index in [1.54, 1.807) is 31.4 Å². The van der Waals surface area contributed by atoms with Crippen molar-refractivity contribution >= 4 is 21.4 Å². The summed E-state index contributed by atoms with van der Waals surface area (Å²) in [5.74, 6) is 0.624. The zero-order valence-corrected chi connectivity index (χ0v) is 18.6. The molecular formula is C25H28N2O3S. The fourth-order valence-corrected chi connectivity index (χ4v) is 5.37. The molecule has 0 N–H and O–H groups in total. The largest absolute Gasteiger partial charge is 0.497 e. The molecule has 0 aliphatic carbocycles. The van der Waals surface area contributed by atoms with Crippen molar-refractivity contribution in [2.24, 2.45) is 0 Å². The summed E-state index contributed by atoms with van der Waals surface area (Å²) >= 11 is 0. The normalized spacial score (nSPS) is 14.3. The van der Waals surface area contributed by atoms with Gasteiger partial charge in [0.25, 0.3) is 10.0 Å². The summed E-state index contributed by atoms with van der Waals surface area (Å²) in [4.78, 5) is 2.64. The van der Waals surface area contributed by atoms with E-state index in [2.05, 4.69) is 17.0 Å². The molecule has 0 bridgehead atoms. The smallest absolute Gasteiger partial charge is 0.264 e. The van der Waals surface area contributed by atoms with Crippen molar-refractivity contribution < 1.29 is 13.2 Å². The van der Waals surface area contributed by atoms with E-state index >= 15 is 0 Å². The highest BCUT2D eigenvalue weighted by atomic mass is 32.2. The van der Waals surface area contributed by atoms with Crippen molar-refractivity contribution in [3.63, 3.8) is 0 Å². The third kappa shape index (κ3) is 4.85. The third-order valence-electron chi connectivity index (χ3n) is 5.68. The Bertz CT molecular complexity index is 1080. The van der Waals surface area contributed by atoms with Crippen LogP contribution in [0.25, 0.3) is 0 Å². The van der Waals surface area contributed by atoms with Crippen molar-refractivity contribution in [1.82, 2.24) is 0 Å². The van der Waals surface area contributed by atoms with E-state index in [9.17, 15) is 8.42 Å². The summed E-state index contributed by atoms with van der Waals surface area (Å²) < 4.78 is 33.7. The zero-order chi connectivity index (χ0) is 21.7. The Kier molecular flexibility index (Phi) is 6.47. The Morgan fingerprint density at radius 2 is 1.48 bits per heavy atom. The van der Waals surface area contributed by atoms with Crippen molar-refractivity contribution in [2.75, 3.05) is 29.4 Å². The first-order valence-electron chi connectivity index (χ1n) is 10.6. The van der Waals surface area contributed by atoms with Gasteiger partial charge in [0.15, 0.2) is 0 Å². The summed E-state index contributed by atoms with van der Waals surface area (Å²) in [5.41, 5.74) is 2.79. The average molecular weight is 437 g/mol. The van der Waals surface area contributed by atoms with Crippen LogP contribution in [0.3, 0.4) is 0 Å². The molecule has 1 saturated heterocycles. The monoisotopic (exact) mass is 436 g/mol. The molecule has 6 heteroatoms. The van der Waals surface area contributed by atoms with Crippen molar-refractivity contribution in [2.45, 2.75) is 30.7 Å². The van der Waals surface area contributed by atoms with Crippen molar-refractivity contribution in [1.29, 1.82) is 0 Å². The second kappa shape index (κ2) is 9.43. The maximum Gasteiger partial charge on any atom is 0.264 e. The topological polar surface area (TPSA) is 49.9 Å². The summed E-state index contributed by atoms with van der Waals surface area (Å²) in [6.45, 7) is 2.43. The highest BCUT2D eigenvalue weighted by molar-refractivity contribution is 7.92. The zero-order valence-electron chi connectivity index (χ0n) is 17.8. The highest BCUT2D eigenvalue weighted by Crippen LogP contribution is 2.28. The van der Waals surface area contributed by atoms with Gasteiger partial charge in [-0.1, -0.05) is 30.3 Å². The molecule has 31 heavy (non-hydrogen) atoms. The van der Waals surface area contributed by atoms with Crippen LogP contribution in [0.2, 0.25) is 0 Å². The molecule has 3 aromatic rings. The quantitative estimate of drug-likeness (QED) is 0.518. The Morgan fingerprint density at radius 3 is 2.10 bits per heavy atom. The summed E-state index contributed by atoms with van der Waals surface area (Å²) in [6, 6.07) is 24.0. The molecule has 0 spiro atoms. The van der Waals surface area contributed by atoms with Gasteiger partial charge in [0.1, 0.15) is 5.75 Å². The van der Waals surface area contributed by atoms with Crippen LogP contribution < -0.4 is 13.9 Å². The lowest BCUT2D eigenvalue weighted by Crippen LogP contribution is -2.31. The Labute approximate surface area is 184 Å². The molecule has 5 nitrogen and oxygen atoms in total. The van der Waals surface area contributed by atoms with Crippen molar-refractivity contribution in [3.05, 3.63) is 84.4 Å². The van der Waals surface area contributed by atoms with Crippen LogP contribution in [0.15, 0.2) is 83.8 Å². The first kappa shape index (κ1) is 21.2. The molecule has 1 fully saturated rings. The average Bonchev–Trinajstić information content (AvgIpc) is 2.84. The first-order chi connectivity index (χ1) is 15.1. The van der Waals surface area contributed by atoms with Gasteiger partial charge in [0.05, 0.1) is 24.2 Å². The number of hydrogen-bond donors (Lipinski definition) is 0. The molecule has 0 aromatic heterocycles. The van der Waals surface area contributed by atoms with E-state index in [0.29, 0.717) is 11.4 Å². The maximum absolute atomic E-state index is 13.5. The van der Waals surface area contributed by atoms with Crippen LogP contribution in [0.4, 0.5) is 11.4 Å². The minimum Gasteiger partial charge on any atom is -0.497 e. The molecule has 1 aliphatic heterocycles. The van der Waals surface area contributed by atoms with Crippen molar-refractivity contribution in [3.8, 4) is 5.75 Å². The molecule has 0 radical (unpaired) electrons. The number of hydrogen-bond acceptors (Lipinski definition) is 4. The molecule has 1 heterocycles. The molecule has 162 valence electrons. The van der Waals surface area contributed by atoms with Gasteiger partial charge in [-0.3, -0.25) is 4.31 Å². The molecular weight excluding hydrogens is 408 g/mol. The number of benzene rings is 3. The molecule has 0 atom stereocenters. The number of piperidine rings is 1. The van der Waals surface area contributed by atoms with E-state index in [0.717, 1.165) is 18.7 Å². The molecule has 0 amide bonds. The third-order valence-corrected chi connectivity index (χ3v) is 7.46. The standard InChI is InChI=1S/C25H28N2O3S/c1-30-24-14-16-25(17-15-24)31(28,29)27(23-8-4-2-5-9-23)20-21-10-12-22(13-11-21)26-18-6-3-7-19-26/h2,4-5,8-17H,3,6-7,18-20H2,1H3. The minimum atomic E-state index is -3.74. The fourth-order valence-electron chi connectivity index (χ4n) is 3.91. The Hall–Kier alpha value is -2.99. The second-order valence-corrected chi connectivity index (χ2v) is 9.60. The van der Waals surface area contributed by atoms with Gasteiger partial charge in [-0.2, -0.15) is 0 Å². The van der Waals surface area contributed by atoms with Gasteiger partial charge in [0, 0.05) is 18.8 Å². The number of rotatable bonds is 7. The van der Waals surface area contributed by atoms with Crippen LogP contribution in [0.5, 0.6) is 5.75 Å². The second-order valence-electron chi connectivity index (χ2n) is 7.74. The van der Waals surface area contributed by atoms with Crippen LogP contribution in [0.1, 0.15) is 24.8 Å². The lowest BCUT2D eigenvalue weighted by Gasteiger charge is -2.29. The molecule has 0 unspecified atom stereocenters. The Balaban J connectivity index is 1.62. The molecule has 0 saturated carbocycles. The van der Waals surface area contributed by atoms with Gasteiger partial charge in [0.2, 0.25) is 0 Å². The number of ether oxygens (including phenoxy) is 1. The number of sulfonamides is 1. The van der Waals surface area contributed by atoms with Gasteiger partial charge in [-0.15, -0.1) is 0 Å². The van der Waals surface area contributed by atoms with Crippen LogP contribution in [-0.4, -0.2) is 28.6 Å². The number of para-hydroxylation sites is 1. The number of nitrogens with zero attached hydrogens (tertiary/aromatic N) is 2. The van der Waals surface area contributed by atoms with Crippen LogP contribution >= 0.6 is 0 Å². The summed E-state index contributed by atoms with van der Waals surface area (Å²) in [5, 5.41) is 0. The Morgan fingerprint density at radius 1 is 0.839 bits per heavy atom. The predicted octanol–water partition coefficient (Wildman–Crippen LogP) is 5.08. The minimum absolute atomic E-state index is 0.238. The lowest BCUT2D eigenvalue weighted by molar-refractivity contribution is 0.414. The van der Waals surface area contributed by atoms with Gasteiger partial charge in [-0.05, 0) is 73.4 Å². The SMILES string of the molecule is COc1ccc(S(=O)(=O)N(Cc2ccc(N3CCCCC3)cc2)c2ccccc2)cc1. The predicted molar refractivity (Wildman–Crippen MR) is 125 cm³/mol. The summed E-state index contributed by atoms with van der Waals surface area (Å²) in [6.07, 6.45) is 3.75. The van der Waals surface area contributed by atoms with E-state index in [-0.39, 0.29) is 11.4 Å². The van der Waals surface area contributed by atoms with Gasteiger partial charge in [-0.25, -0.2) is 8.42 Å². The van der Waals surface area contributed by atoms with Gasteiger partial charge >= 0.3 is 0 Å². The molecule has 3 aromatic carbocycles. The molecule has 4 rings (SSSR count). The summed E-state index contributed by atoms with van der Waals surface area (Å²) in [7, 11) is -2.18. The fraction of sp³-hybridized carbons (Fsp3) is 0.280. The van der Waals surface area contributed by atoms with Gasteiger partial charge < -0.3 is 9.64 Å². The highest BCUT2D eigenvalue weighted by Gasteiger charge is 2.25. The van der Waals surface area contributed by atoms with E-state index in [4.69, 9.17) is 4.74 Å². The van der Waals surface area contributed by atoms with Crippen LogP contribution in [-0.2, 0) is 16.6 Å². The molecule has 1 aliphatic rings. The maximum atomic E-state index is 13.5. The number of methoxy groups -OCH3 is 1. The number of anilines is 2. The first-order valence-corrected chi connectivity index (χ1v) is 12.1. The van der Waals surface area contributed by atoms with Crippen LogP contribution in [0, 0.1) is 0 Å². The van der Waals surface area contributed by atoms with E-state index in [1.807, 2.05) is 42.5 Å². The van der Waals surface area contributed by atoms with E-state index < -0.39 is 10.0 Å².